The molecule has 0 saturated carbocycles. The maximum absolute atomic E-state index is 12.3. The summed E-state index contributed by atoms with van der Waals surface area (Å²) in [6.45, 7) is 3.16. The molecule has 1 fully saturated rings. The molecule has 2 rings (SSSR count). The Morgan fingerprint density at radius 2 is 2.11 bits per heavy atom. The number of nitrogens with one attached hydrogen (secondary N) is 1. The van der Waals surface area contributed by atoms with Gasteiger partial charge >= 0.3 is 0 Å². The maximum Gasteiger partial charge on any atom is 0.254 e. The largest absolute Gasteiger partial charge is 0.342 e. The van der Waals surface area contributed by atoms with E-state index in [2.05, 4.69) is 5.43 Å². The van der Waals surface area contributed by atoms with Crippen LogP contribution in [0.3, 0.4) is 0 Å². The number of carbonyl (C=O) groups is 2. The molecule has 1 aromatic rings. The van der Waals surface area contributed by atoms with Crippen LogP contribution < -0.4 is 11.3 Å². The molecule has 19 heavy (non-hydrogen) atoms. The van der Waals surface area contributed by atoms with Gasteiger partial charge in [0.15, 0.2) is 0 Å². The van der Waals surface area contributed by atoms with E-state index in [0.717, 1.165) is 11.3 Å². The number of hydrogen-bond donors (Lipinski definition) is 2. The number of anilines is 1. The summed E-state index contributed by atoms with van der Waals surface area (Å²) >= 11 is 0. The van der Waals surface area contributed by atoms with Crippen molar-refractivity contribution in [1.82, 2.24) is 9.80 Å². The molecular weight excluding hydrogens is 244 g/mol. The molecule has 0 atom stereocenters. The van der Waals surface area contributed by atoms with E-state index in [-0.39, 0.29) is 18.4 Å². The lowest BCUT2D eigenvalue weighted by Crippen LogP contribution is -2.50. The van der Waals surface area contributed by atoms with Crippen molar-refractivity contribution in [2.75, 3.05) is 32.1 Å². The van der Waals surface area contributed by atoms with E-state index in [0.29, 0.717) is 18.7 Å². The van der Waals surface area contributed by atoms with Gasteiger partial charge in [-0.05, 0) is 30.7 Å². The molecule has 102 valence electrons. The summed E-state index contributed by atoms with van der Waals surface area (Å²) < 4.78 is 0. The molecular formula is C13H18N4O2. The van der Waals surface area contributed by atoms with Gasteiger partial charge in [0, 0.05) is 25.7 Å². The van der Waals surface area contributed by atoms with Crippen molar-refractivity contribution in [3.05, 3.63) is 29.3 Å². The van der Waals surface area contributed by atoms with E-state index in [1.54, 1.807) is 35.0 Å². The zero-order valence-electron chi connectivity index (χ0n) is 11.1. The number of carbonyl (C=O) groups excluding carboxylic acids is 2. The monoisotopic (exact) mass is 262 g/mol. The van der Waals surface area contributed by atoms with Crippen molar-refractivity contribution in [2.24, 2.45) is 5.84 Å². The molecule has 6 heteroatoms. The molecule has 1 saturated heterocycles. The smallest absolute Gasteiger partial charge is 0.254 e. The van der Waals surface area contributed by atoms with Crippen LogP contribution in [0.5, 0.6) is 0 Å². The van der Waals surface area contributed by atoms with Crippen molar-refractivity contribution in [3.63, 3.8) is 0 Å². The van der Waals surface area contributed by atoms with E-state index in [1.165, 1.54) is 0 Å². The highest BCUT2D eigenvalue weighted by Gasteiger charge is 2.25. The van der Waals surface area contributed by atoms with Gasteiger partial charge in [-0.15, -0.1) is 0 Å². The Bertz CT molecular complexity index is 515. The molecule has 1 aromatic carbocycles. The number of likely N-dealkylation sites (N-methyl/N-ethyl adjacent to an activating group) is 1. The Balaban J connectivity index is 2.16. The summed E-state index contributed by atoms with van der Waals surface area (Å²) in [5.41, 5.74) is 4.83. The molecule has 1 aliphatic rings. The molecule has 2 amide bonds. The summed E-state index contributed by atoms with van der Waals surface area (Å²) in [4.78, 5) is 27.1. The number of hydrazine groups is 1. The van der Waals surface area contributed by atoms with Gasteiger partial charge in [-0.25, -0.2) is 0 Å². The number of nitrogen functional groups attached to an aromatic ring is 1. The molecule has 0 spiro atoms. The first-order chi connectivity index (χ1) is 9.02. The van der Waals surface area contributed by atoms with Crippen molar-refractivity contribution in [1.29, 1.82) is 0 Å². The molecule has 6 nitrogen and oxygen atoms in total. The fourth-order valence-electron chi connectivity index (χ4n) is 2.07. The highest BCUT2D eigenvalue weighted by molar-refractivity contribution is 5.97. The first-order valence-corrected chi connectivity index (χ1v) is 6.13. The van der Waals surface area contributed by atoms with Crippen LogP contribution in [0.1, 0.15) is 15.9 Å². The van der Waals surface area contributed by atoms with Crippen molar-refractivity contribution < 1.29 is 9.59 Å². The average Bonchev–Trinajstić information content (AvgIpc) is 2.41. The lowest BCUT2D eigenvalue weighted by molar-refractivity contribution is -0.133. The highest BCUT2D eigenvalue weighted by Crippen LogP contribution is 2.17. The Labute approximate surface area is 112 Å². The molecule has 0 radical (unpaired) electrons. The minimum atomic E-state index is -0.117. The third-order valence-corrected chi connectivity index (χ3v) is 3.37. The second-order valence-electron chi connectivity index (χ2n) is 4.72. The van der Waals surface area contributed by atoms with Crippen LogP contribution in [-0.2, 0) is 4.79 Å². The van der Waals surface area contributed by atoms with Gasteiger partial charge in [0.2, 0.25) is 5.91 Å². The van der Waals surface area contributed by atoms with Gasteiger partial charge in [0.1, 0.15) is 6.54 Å². The second kappa shape index (κ2) is 5.27. The van der Waals surface area contributed by atoms with E-state index in [9.17, 15) is 9.59 Å². The van der Waals surface area contributed by atoms with Crippen LogP contribution in [0, 0.1) is 6.92 Å². The van der Waals surface area contributed by atoms with E-state index >= 15 is 0 Å². The topological polar surface area (TPSA) is 78.7 Å². The van der Waals surface area contributed by atoms with E-state index in [1.807, 2.05) is 6.92 Å². The Kier molecular flexibility index (Phi) is 3.71. The number of hydrogen-bond acceptors (Lipinski definition) is 4. The number of amides is 2. The maximum atomic E-state index is 12.3. The van der Waals surface area contributed by atoms with Crippen molar-refractivity contribution in [3.8, 4) is 0 Å². The molecule has 1 heterocycles. The van der Waals surface area contributed by atoms with Gasteiger partial charge in [0.05, 0.1) is 5.69 Å². The fraction of sp³-hybridized carbons (Fsp3) is 0.385. The summed E-state index contributed by atoms with van der Waals surface area (Å²) in [5.74, 6) is 5.21. The molecule has 0 aromatic heterocycles. The van der Waals surface area contributed by atoms with Gasteiger partial charge in [0.25, 0.3) is 5.91 Å². The quantitative estimate of drug-likeness (QED) is 0.589. The minimum Gasteiger partial charge on any atom is -0.342 e. The van der Waals surface area contributed by atoms with Crippen LogP contribution >= 0.6 is 0 Å². The van der Waals surface area contributed by atoms with Crippen molar-refractivity contribution in [2.45, 2.75) is 6.92 Å². The lowest BCUT2D eigenvalue weighted by Gasteiger charge is -2.32. The lowest BCUT2D eigenvalue weighted by atomic mass is 10.1. The zero-order valence-corrected chi connectivity index (χ0v) is 11.1. The number of nitrogens with two attached hydrogens (primary N) is 1. The van der Waals surface area contributed by atoms with Gasteiger partial charge < -0.3 is 15.2 Å². The van der Waals surface area contributed by atoms with Crippen LogP contribution in [0.2, 0.25) is 0 Å². The number of piperazine rings is 1. The summed E-state index contributed by atoms with van der Waals surface area (Å²) in [6.07, 6.45) is 0. The van der Waals surface area contributed by atoms with E-state index in [4.69, 9.17) is 5.84 Å². The number of rotatable bonds is 2. The number of aryl methyl sites for hydroxylation is 1. The summed E-state index contributed by atoms with van der Waals surface area (Å²) in [6, 6.07) is 5.26. The fourth-order valence-corrected chi connectivity index (χ4v) is 2.07. The van der Waals surface area contributed by atoms with Gasteiger partial charge in [-0.3, -0.25) is 15.4 Å². The van der Waals surface area contributed by atoms with Gasteiger partial charge in [-0.2, -0.15) is 0 Å². The molecule has 0 bridgehead atoms. The molecule has 3 N–H and O–H groups in total. The third kappa shape index (κ3) is 2.68. The minimum absolute atomic E-state index is 0.0310. The molecule has 1 aliphatic heterocycles. The molecule has 0 unspecified atom stereocenters. The summed E-state index contributed by atoms with van der Waals surface area (Å²) in [5, 5.41) is 0. The van der Waals surface area contributed by atoms with Crippen LogP contribution in [-0.4, -0.2) is 48.3 Å². The van der Waals surface area contributed by atoms with Crippen LogP contribution in [0.25, 0.3) is 0 Å². The first kappa shape index (κ1) is 13.4. The first-order valence-electron chi connectivity index (χ1n) is 6.13. The number of benzene rings is 1. The Morgan fingerprint density at radius 3 is 2.68 bits per heavy atom. The SMILES string of the molecule is Cc1cc(C(=O)N2CCN(C)C(=O)C2)ccc1NN. The third-order valence-electron chi connectivity index (χ3n) is 3.37. The summed E-state index contributed by atoms with van der Waals surface area (Å²) in [7, 11) is 1.75. The predicted molar refractivity (Wildman–Crippen MR) is 72.5 cm³/mol. The van der Waals surface area contributed by atoms with Gasteiger partial charge in [-0.1, -0.05) is 0 Å². The zero-order chi connectivity index (χ0) is 14.0. The standard InChI is InChI=1S/C13H18N4O2/c1-9-7-10(3-4-11(9)15-14)13(19)17-6-5-16(2)12(18)8-17/h3-4,7,15H,5-6,8,14H2,1-2H3. The second-order valence-corrected chi connectivity index (χ2v) is 4.72. The van der Waals surface area contributed by atoms with Crippen LogP contribution in [0.15, 0.2) is 18.2 Å². The predicted octanol–water partition coefficient (Wildman–Crippen LogP) is 0.195. The highest BCUT2D eigenvalue weighted by atomic mass is 16.2. The number of nitrogens with zero attached hydrogens (tertiary/aromatic N) is 2. The van der Waals surface area contributed by atoms with E-state index < -0.39 is 0 Å². The Hall–Kier alpha value is -2.08. The van der Waals surface area contributed by atoms with Crippen LogP contribution in [0.4, 0.5) is 5.69 Å². The van der Waals surface area contributed by atoms with Crippen molar-refractivity contribution >= 4 is 17.5 Å². The molecule has 0 aliphatic carbocycles. The normalized spacial score (nSPS) is 15.6. The Morgan fingerprint density at radius 1 is 1.37 bits per heavy atom. The average molecular weight is 262 g/mol.